The van der Waals surface area contributed by atoms with Gasteiger partial charge in [0.25, 0.3) is 0 Å². The molecule has 150 valence electrons. The van der Waals surface area contributed by atoms with Crippen LogP contribution in [0.5, 0.6) is 0 Å². The molecule has 3 rings (SSSR count). The molecule has 0 unspecified atom stereocenters. The molecular formula is C19H13Cl2FN2O5. The summed E-state index contributed by atoms with van der Waals surface area (Å²) >= 11 is 11.9. The second-order valence-corrected chi connectivity index (χ2v) is 6.57. The minimum absolute atomic E-state index is 0.00364. The van der Waals surface area contributed by atoms with Gasteiger partial charge >= 0.3 is 17.6 Å². The molecule has 0 fully saturated rings. The molecule has 0 aliphatic carbocycles. The summed E-state index contributed by atoms with van der Waals surface area (Å²) in [5, 5.41) is 13.0. The Morgan fingerprint density at radius 3 is 2.41 bits per heavy atom. The van der Waals surface area contributed by atoms with Crippen LogP contribution in [0.4, 0.5) is 4.39 Å². The topological polar surface area (TPSA) is 92.4 Å². The molecule has 0 radical (unpaired) electrons. The highest BCUT2D eigenvalue weighted by atomic mass is 35.5. The number of hydrogen-bond acceptors (Lipinski definition) is 6. The van der Waals surface area contributed by atoms with E-state index in [2.05, 4.69) is 4.98 Å². The van der Waals surface area contributed by atoms with E-state index in [1.165, 1.54) is 24.3 Å². The highest BCUT2D eigenvalue weighted by Crippen LogP contribution is 2.26. The molecular weight excluding hydrogens is 426 g/mol. The molecule has 1 aromatic heterocycles. The molecule has 2 aromatic carbocycles. The fourth-order valence-electron chi connectivity index (χ4n) is 2.52. The number of rotatable bonds is 5. The second-order valence-electron chi connectivity index (χ2n) is 5.76. The van der Waals surface area contributed by atoms with Gasteiger partial charge in [0.2, 0.25) is 5.52 Å². The van der Waals surface area contributed by atoms with E-state index in [1.54, 1.807) is 6.92 Å². The maximum absolute atomic E-state index is 13.0. The van der Waals surface area contributed by atoms with Gasteiger partial charge in [0.05, 0.1) is 22.2 Å². The first kappa shape index (κ1) is 20.8. The van der Waals surface area contributed by atoms with Crippen molar-refractivity contribution in [3.8, 4) is 0 Å². The van der Waals surface area contributed by atoms with Gasteiger partial charge in [-0.1, -0.05) is 23.2 Å². The molecule has 3 aromatic rings. The van der Waals surface area contributed by atoms with Crippen molar-refractivity contribution in [1.29, 1.82) is 0 Å². The van der Waals surface area contributed by atoms with Crippen molar-refractivity contribution in [3.05, 3.63) is 74.4 Å². The number of nitrogens with zero attached hydrogens (tertiary/aromatic N) is 2. The molecule has 0 bridgehead atoms. The zero-order chi connectivity index (χ0) is 21.1. The summed E-state index contributed by atoms with van der Waals surface area (Å²) in [5.74, 6) is -2.23. The minimum Gasteiger partial charge on any atom is -0.618 e. The Hall–Kier alpha value is -2.97. The molecule has 0 N–H and O–H groups in total. The lowest BCUT2D eigenvalue weighted by atomic mass is 10.2. The van der Waals surface area contributed by atoms with Gasteiger partial charge in [0.1, 0.15) is 17.9 Å². The number of esters is 2. The number of aromatic nitrogens is 2. The van der Waals surface area contributed by atoms with Crippen molar-refractivity contribution in [2.45, 2.75) is 13.5 Å². The van der Waals surface area contributed by atoms with Crippen molar-refractivity contribution in [2.24, 2.45) is 0 Å². The lowest BCUT2D eigenvalue weighted by Gasteiger charge is -2.12. The molecule has 0 aliphatic rings. The molecule has 0 saturated carbocycles. The summed E-state index contributed by atoms with van der Waals surface area (Å²) in [6.45, 7) is 1.10. The summed E-state index contributed by atoms with van der Waals surface area (Å²) in [4.78, 5) is 28.7. The Labute approximate surface area is 174 Å². The normalized spacial score (nSPS) is 10.8. The van der Waals surface area contributed by atoms with Crippen LogP contribution >= 0.6 is 23.2 Å². The SMILES string of the molecule is CCOC(=O)c1c(COC(=O)c2ccc(F)cc2)nc2cc(Cl)c(Cl)cc2[n+]1[O-]. The molecule has 0 saturated heterocycles. The van der Waals surface area contributed by atoms with E-state index in [0.29, 0.717) is 4.73 Å². The van der Waals surface area contributed by atoms with Crippen molar-refractivity contribution in [2.75, 3.05) is 6.61 Å². The van der Waals surface area contributed by atoms with E-state index in [9.17, 15) is 19.2 Å². The van der Waals surface area contributed by atoms with E-state index in [-0.39, 0.29) is 38.9 Å². The Balaban J connectivity index is 2.01. The highest BCUT2D eigenvalue weighted by Gasteiger charge is 2.29. The number of hydrogen-bond donors (Lipinski definition) is 0. The van der Waals surface area contributed by atoms with Crippen LogP contribution in [0.2, 0.25) is 10.0 Å². The van der Waals surface area contributed by atoms with E-state index in [4.69, 9.17) is 32.7 Å². The predicted molar refractivity (Wildman–Crippen MR) is 102 cm³/mol. The average molecular weight is 439 g/mol. The molecule has 7 nitrogen and oxygen atoms in total. The number of fused-ring (bicyclic) bond motifs is 1. The number of halogens is 3. The molecule has 29 heavy (non-hydrogen) atoms. The Bertz CT molecular complexity index is 1110. The van der Waals surface area contributed by atoms with Crippen LogP contribution in [-0.4, -0.2) is 23.5 Å². The van der Waals surface area contributed by atoms with Crippen molar-refractivity contribution < 1.29 is 28.2 Å². The van der Waals surface area contributed by atoms with E-state index < -0.39 is 30.1 Å². The first-order valence-electron chi connectivity index (χ1n) is 8.32. The van der Waals surface area contributed by atoms with Crippen LogP contribution in [0.3, 0.4) is 0 Å². The Kier molecular flexibility index (Phi) is 6.14. The van der Waals surface area contributed by atoms with Crippen LogP contribution in [0, 0.1) is 11.0 Å². The maximum atomic E-state index is 13.0. The molecule has 0 aliphatic heterocycles. The van der Waals surface area contributed by atoms with Crippen LogP contribution < -0.4 is 4.73 Å². The van der Waals surface area contributed by atoms with Crippen molar-refractivity contribution in [3.63, 3.8) is 0 Å². The van der Waals surface area contributed by atoms with E-state index in [0.717, 1.165) is 12.1 Å². The first-order valence-corrected chi connectivity index (χ1v) is 9.08. The van der Waals surface area contributed by atoms with Gasteiger partial charge < -0.3 is 14.7 Å². The monoisotopic (exact) mass is 438 g/mol. The average Bonchev–Trinajstić information content (AvgIpc) is 2.68. The third-order valence-electron chi connectivity index (χ3n) is 3.86. The third kappa shape index (κ3) is 4.38. The molecule has 0 amide bonds. The number of ether oxygens (including phenoxy) is 2. The Morgan fingerprint density at radius 2 is 1.76 bits per heavy atom. The van der Waals surface area contributed by atoms with Crippen LogP contribution in [0.1, 0.15) is 33.5 Å². The van der Waals surface area contributed by atoms with Gasteiger partial charge in [-0.2, -0.15) is 4.73 Å². The minimum atomic E-state index is -0.934. The lowest BCUT2D eigenvalue weighted by Crippen LogP contribution is -2.39. The molecule has 0 spiro atoms. The van der Waals surface area contributed by atoms with E-state index >= 15 is 0 Å². The van der Waals surface area contributed by atoms with Gasteiger partial charge in [-0.15, -0.1) is 0 Å². The van der Waals surface area contributed by atoms with Gasteiger partial charge in [0.15, 0.2) is 5.69 Å². The molecule has 1 heterocycles. The summed E-state index contributed by atoms with van der Waals surface area (Å²) in [7, 11) is 0. The number of carbonyl (C=O) groups is 2. The fourth-order valence-corrected chi connectivity index (χ4v) is 2.83. The summed E-state index contributed by atoms with van der Waals surface area (Å²) in [5.41, 5.74) is -0.328. The zero-order valence-corrected chi connectivity index (χ0v) is 16.5. The molecule has 10 heteroatoms. The largest absolute Gasteiger partial charge is 0.618 e. The summed E-state index contributed by atoms with van der Waals surface area (Å²) < 4.78 is 23.4. The Morgan fingerprint density at radius 1 is 1.10 bits per heavy atom. The lowest BCUT2D eigenvalue weighted by molar-refractivity contribution is -0.581. The van der Waals surface area contributed by atoms with Gasteiger partial charge in [-0.05, 0) is 37.3 Å². The van der Waals surface area contributed by atoms with Crippen LogP contribution in [0.15, 0.2) is 36.4 Å². The van der Waals surface area contributed by atoms with Gasteiger partial charge in [0, 0.05) is 6.07 Å². The van der Waals surface area contributed by atoms with Crippen LogP contribution in [0.25, 0.3) is 11.0 Å². The fraction of sp³-hybridized carbons (Fsp3) is 0.158. The van der Waals surface area contributed by atoms with Crippen LogP contribution in [-0.2, 0) is 16.1 Å². The van der Waals surface area contributed by atoms with E-state index in [1.807, 2.05) is 0 Å². The standard InChI is InChI=1S/C19H13Cl2FN2O5/c1-2-28-19(26)17-15(9-29-18(25)10-3-5-11(22)6-4-10)23-14-7-12(20)13(21)8-16(14)24(17)27/h3-8H,2,9H2,1H3. The quantitative estimate of drug-likeness (QED) is 0.341. The smallest absolute Gasteiger partial charge is 0.407 e. The third-order valence-corrected chi connectivity index (χ3v) is 4.58. The van der Waals surface area contributed by atoms with Crippen molar-refractivity contribution >= 4 is 46.2 Å². The van der Waals surface area contributed by atoms with Crippen molar-refractivity contribution in [1.82, 2.24) is 4.98 Å². The number of carbonyl (C=O) groups excluding carboxylic acids is 2. The highest BCUT2D eigenvalue weighted by molar-refractivity contribution is 6.42. The van der Waals surface area contributed by atoms with Gasteiger partial charge in [-0.3, -0.25) is 0 Å². The summed E-state index contributed by atoms with van der Waals surface area (Å²) in [6.07, 6.45) is 0. The number of benzene rings is 2. The maximum Gasteiger partial charge on any atom is 0.407 e. The second kappa shape index (κ2) is 8.59. The summed E-state index contributed by atoms with van der Waals surface area (Å²) in [6, 6.07) is 7.32. The van der Waals surface area contributed by atoms with Gasteiger partial charge in [-0.25, -0.2) is 19.0 Å². The predicted octanol–water partition coefficient (Wildman–Crippen LogP) is 3.85. The molecule has 0 atom stereocenters. The first-order chi connectivity index (χ1) is 13.8. The zero-order valence-electron chi connectivity index (χ0n) is 14.9.